The molecule has 1 unspecified atom stereocenters. The molecule has 0 aliphatic rings. The molecule has 4 heteroatoms. The van der Waals surface area contributed by atoms with Crippen molar-refractivity contribution in [2.75, 3.05) is 12.3 Å². The van der Waals surface area contributed by atoms with Gasteiger partial charge in [0.15, 0.2) is 0 Å². The van der Waals surface area contributed by atoms with Gasteiger partial charge in [-0.2, -0.15) is 0 Å². The molecule has 0 saturated carbocycles. The van der Waals surface area contributed by atoms with E-state index in [4.69, 9.17) is 5.73 Å². The van der Waals surface area contributed by atoms with E-state index in [2.05, 4.69) is 23.3 Å². The third-order valence-electron chi connectivity index (χ3n) is 2.64. The molecule has 1 heterocycles. The summed E-state index contributed by atoms with van der Waals surface area (Å²) in [5.74, 6) is 0. The van der Waals surface area contributed by atoms with Gasteiger partial charge in [0.05, 0.1) is 6.04 Å². The summed E-state index contributed by atoms with van der Waals surface area (Å²) in [5, 5.41) is 6.60. The number of thiazole rings is 1. The second-order valence-corrected chi connectivity index (χ2v) is 4.97. The summed E-state index contributed by atoms with van der Waals surface area (Å²) in [7, 11) is 0. The van der Waals surface area contributed by atoms with Gasteiger partial charge in [0.1, 0.15) is 5.01 Å². The van der Waals surface area contributed by atoms with E-state index in [1.165, 1.54) is 5.56 Å². The largest absolute Gasteiger partial charge is 0.399 e. The molecule has 0 amide bonds. The minimum atomic E-state index is 0.316. The van der Waals surface area contributed by atoms with E-state index in [-0.39, 0.29) is 0 Å². The highest BCUT2D eigenvalue weighted by molar-refractivity contribution is 7.09. The molecular weight excluding hydrogens is 230 g/mol. The van der Waals surface area contributed by atoms with Crippen LogP contribution in [-0.4, -0.2) is 11.5 Å². The number of nitrogens with zero attached hydrogens (tertiary/aromatic N) is 1. The Bertz CT molecular complexity index is 453. The van der Waals surface area contributed by atoms with Crippen LogP contribution in [0.25, 0.3) is 0 Å². The van der Waals surface area contributed by atoms with Crippen LogP contribution in [0.5, 0.6) is 0 Å². The van der Waals surface area contributed by atoms with Gasteiger partial charge in [-0.15, -0.1) is 11.3 Å². The fourth-order valence-electron chi connectivity index (χ4n) is 1.72. The molecule has 1 aromatic heterocycles. The maximum atomic E-state index is 5.74. The summed E-state index contributed by atoms with van der Waals surface area (Å²) >= 11 is 1.69. The zero-order valence-electron chi connectivity index (χ0n) is 9.89. The van der Waals surface area contributed by atoms with Crippen molar-refractivity contribution in [1.29, 1.82) is 0 Å². The van der Waals surface area contributed by atoms with Crippen LogP contribution in [0, 0.1) is 0 Å². The third kappa shape index (κ3) is 3.54. The van der Waals surface area contributed by atoms with Crippen molar-refractivity contribution in [2.24, 2.45) is 0 Å². The molecule has 3 N–H and O–H groups in total. The van der Waals surface area contributed by atoms with Crippen molar-refractivity contribution >= 4 is 17.0 Å². The number of rotatable bonds is 5. The summed E-state index contributed by atoms with van der Waals surface area (Å²) < 4.78 is 0. The van der Waals surface area contributed by atoms with Gasteiger partial charge in [0.2, 0.25) is 0 Å². The first-order chi connectivity index (χ1) is 8.25. The first-order valence-electron chi connectivity index (χ1n) is 5.73. The maximum absolute atomic E-state index is 5.74. The minimum absolute atomic E-state index is 0.316. The van der Waals surface area contributed by atoms with Gasteiger partial charge in [-0.05, 0) is 37.6 Å². The summed E-state index contributed by atoms with van der Waals surface area (Å²) in [4.78, 5) is 4.29. The SMILES string of the molecule is CC(NCCc1cccc(N)c1)c1nccs1. The van der Waals surface area contributed by atoms with Gasteiger partial charge in [0, 0.05) is 17.3 Å². The molecule has 0 aliphatic carbocycles. The van der Waals surface area contributed by atoms with Crippen LogP contribution in [0.4, 0.5) is 5.69 Å². The zero-order chi connectivity index (χ0) is 12.1. The van der Waals surface area contributed by atoms with Crippen molar-refractivity contribution in [1.82, 2.24) is 10.3 Å². The lowest BCUT2D eigenvalue weighted by Crippen LogP contribution is -2.21. The molecule has 0 fully saturated rings. The Balaban J connectivity index is 1.80. The molecule has 0 radical (unpaired) electrons. The lowest BCUT2D eigenvalue weighted by molar-refractivity contribution is 0.574. The molecule has 1 aromatic carbocycles. The van der Waals surface area contributed by atoms with Crippen LogP contribution in [-0.2, 0) is 6.42 Å². The van der Waals surface area contributed by atoms with Crippen molar-refractivity contribution in [3.63, 3.8) is 0 Å². The smallest absolute Gasteiger partial charge is 0.109 e. The topological polar surface area (TPSA) is 50.9 Å². The summed E-state index contributed by atoms with van der Waals surface area (Å²) in [6.07, 6.45) is 2.83. The van der Waals surface area contributed by atoms with E-state index in [9.17, 15) is 0 Å². The third-order valence-corrected chi connectivity index (χ3v) is 3.60. The summed E-state index contributed by atoms with van der Waals surface area (Å²) in [6.45, 7) is 3.07. The zero-order valence-corrected chi connectivity index (χ0v) is 10.7. The van der Waals surface area contributed by atoms with Crippen molar-refractivity contribution in [2.45, 2.75) is 19.4 Å². The van der Waals surface area contributed by atoms with Crippen molar-refractivity contribution in [3.8, 4) is 0 Å². The highest BCUT2D eigenvalue weighted by atomic mass is 32.1. The molecule has 3 nitrogen and oxygen atoms in total. The van der Waals surface area contributed by atoms with E-state index in [1.54, 1.807) is 11.3 Å². The predicted octanol–water partition coefficient (Wildman–Crippen LogP) is 2.62. The molecule has 0 bridgehead atoms. The normalized spacial score (nSPS) is 12.5. The van der Waals surface area contributed by atoms with Crippen LogP contribution in [0.2, 0.25) is 0 Å². The van der Waals surface area contributed by atoms with Gasteiger partial charge in [-0.1, -0.05) is 12.1 Å². The fourth-order valence-corrected chi connectivity index (χ4v) is 2.39. The number of nitrogens with one attached hydrogen (secondary N) is 1. The van der Waals surface area contributed by atoms with E-state index < -0.39 is 0 Å². The maximum Gasteiger partial charge on any atom is 0.109 e. The average molecular weight is 247 g/mol. The van der Waals surface area contributed by atoms with E-state index in [0.29, 0.717) is 6.04 Å². The quantitative estimate of drug-likeness (QED) is 0.799. The molecular formula is C13H17N3S. The van der Waals surface area contributed by atoms with Gasteiger partial charge >= 0.3 is 0 Å². The van der Waals surface area contributed by atoms with Gasteiger partial charge in [0.25, 0.3) is 0 Å². The Morgan fingerprint density at radius 1 is 1.47 bits per heavy atom. The van der Waals surface area contributed by atoms with Crippen LogP contribution in [0.1, 0.15) is 23.5 Å². The standard InChI is InChI=1S/C13H17N3S/c1-10(13-16-7-8-17-13)15-6-5-11-3-2-4-12(14)9-11/h2-4,7-10,15H,5-6,14H2,1H3. The van der Waals surface area contributed by atoms with Crippen molar-refractivity contribution < 1.29 is 0 Å². The van der Waals surface area contributed by atoms with Crippen LogP contribution in [0.3, 0.4) is 0 Å². The Labute approximate surface area is 106 Å². The summed E-state index contributed by atoms with van der Waals surface area (Å²) in [5.41, 5.74) is 7.84. The van der Waals surface area contributed by atoms with Crippen LogP contribution >= 0.6 is 11.3 Å². The number of hydrogen-bond donors (Lipinski definition) is 2. The number of nitrogen functional groups attached to an aromatic ring is 1. The lowest BCUT2D eigenvalue weighted by atomic mass is 10.1. The number of benzene rings is 1. The van der Waals surface area contributed by atoms with E-state index in [0.717, 1.165) is 23.7 Å². The van der Waals surface area contributed by atoms with Crippen LogP contribution in [0.15, 0.2) is 35.8 Å². The second kappa shape index (κ2) is 5.80. The second-order valence-electron chi connectivity index (χ2n) is 4.04. The van der Waals surface area contributed by atoms with Crippen LogP contribution < -0.4 is 11.1 Å². The highest BCUT2D eigenvalue weighted by Crippen LogP contribution is 2.14. The highest BCUT2D eigenvalue weighted by Gasteiger charge is 2.06. The average Bonchev–Trinajstić information content (AvgIpc) is 2.82. The van der Waals surface area contributed by atoms with Crippen molar-refractivity contribution in [3.05, 3.63) is 46.4 Å². The number of hydrogen-bond acceptors (Lipinski definition) is 4. The molecule has 2 rings (SSSR count). The lowest BCUT2D eigenvalue weighted by Gasteiger charge is -2.11. The first-order valence-corrected chi connectivity index (χ1v) is 6.61. The Kier molecular flexibility index (Phi) is 4.12. The molecule has 1 atom stereocenters. The molecule has 2 aromatic rings. The summed E-state index contributed by atoms with van der Waals surface area (Å²) in [6, 6.07) is 8.35. The van der Waals surface area contributed by atoms with Gasteiger partial charge in [-0.25, -0.2) is 4.98 Å². The molecule has 17 heavy (non-hydrogen) atoms. The number of aromatic nitrogens is 1. The molecule has 0 spiro atoms. The Hall–Kier alpha value is -1.39. The Morgan fingerprint density at radius 3 is 3.06 bits per heavy atom. The van der Waals surface area contributed by atoms with E-state index >= 15 is 0 Å². The first kappa shape index (κ1) is 12.1. The molecule has 0 saturated heterocycles. The monoisotopic (exact) mass is 247 g/mol. The molecule has 0 aliphatic heterocycles. The predicted molar refractivity (Wildman–Crippen MR) is 73.1 cm³/mol. The molecule has 90 valence electrons. The number of nitrogens with two attached hydrogens (primary N) is 1. The number of anilines is 1. The Morgan fingerprint density at radius 2 is 2.35 bits per heavy atom. The minimum Gasteiger partial charge on any atom is -0.399 e. The van der Waals surface area contributed by atoms with E-state index in [1.807, 2.05) is 29.8 Å². The fraction of sp³-hybridized carbons (Fsp3) is 0.308. The van der Waals surface area contributed by atoms with Gasteiger partial charge < -0.3 is 11.1 Å². The van der Waals surface area contributed by atoms with Gasteiger partial charge in [-0.3, -0.25) is 0 Å².